The topological polar surface area (TPSA) is 57.7 Å². The van der Waals surface area contributed by atoms with E-state index in [2.05, 4.69) is 37.0 Å². The van der Waals surface area contributed by atoms with Gasteiger partial charge in [-0.25, -0.2) is 9.37 Å². The molecule has 2 saturated heterocycles. The number of rotatable bonds is 7. The first-order valence-corrected chi connectivity index (χ1v) is 13.6. The predicted molar refractivity (Wildman–Crippen MR) is 145 cm³/mol. The maximum Gasteiger partial charge on any atom is 0.573 e. The average Bonchev–Trinajstić information content (AvgIpc) is 2.95. The van der Waals surface area contributed by atoms with Crippen LogP contribution in [0.4, 0.5) is 23.4 Å². The van der Waals surface area contributed by atoms with Crippen molar-refractivity contribution >= 4 is 11.7 Å². The molecular weight excluding hydrogens is 524 g/mol. The SMILES string of the molecule is O=C(NC1CCN(Cc2ccc(N3CCCCC3)nc2)CC1)c1cccc(-c2ccc(OC(F)(F)F)cc2)c1F. The van der Waals surface area contributed by atoms with Gasteiger partial charge < -0.3 is 15.0 Å². The quantitative estimate of drug-likeness (QED) is 0.353. The zero-order valence-electron chi connectivity index (χ0n) is 22.1. The zero-order valence-corrected chi connectivity index (χ0v) is 22.1. The molecule has 212 valence electrons. The van der Waals surface area contributed by atoms with E-state index in [1.165, 1.54) is 43.5 Å². The minimum Gasteiger partial charge on any atom is -0.406 e. The number of nitrogens with one attached hydrogen (secondary N) is 1. The molecule has 0 aliphatic carbocycles. The van der Waals surface area contributed by atoms with Gasteiger partial charge in [0, 0.05) is 50.5 Å². The number of piperidine rings is 2. The third kappa shape index (κ3) is 7.10. The Balaban J connectivity index is 1.14. The van der Waals surface area contributed by atoms with Gasteiger partial charge in [0.1, 0.15) is 17.4 Å². The number of halogens is 4. The number of carbonyl (C=O) groups excluding carboxylic acids is 1. The summed E-state index contributed by atoms with van der Waals surface area (Å²) in [4.78, 5) is 22.3. The Labute approximate surface area is 231 Å². The van der Waals surface area contributed by atoms with Crippen LogP contribution in [0.2, 0.25) is 0 Å². The standard InChI is InChI=1S/C30H32F4N4O2/c31-28-25(22-8-10-24(11-9-22)40-30(32,33)34)5-4-6-26(28)29(39)36-23-13-17-37(18-14-23)20-21-7-12-27(35-19-21)38-15-2-1-3-16-38/h4-12,19,23H,1-3,13-18,20H2,(H,36,39). The molecule has 0 radical (unpaired) electrons. The van der Waals surface area contributed by atoms with E-state index in [0.717, 1.165) is 69.1 Å². The predicted octanol–water partition coefficient (Wildman–Crippen LogP) is 6.17. The molecular formula is C30H32F4N4O2. The highest BCUT2D eigenvalue weighted by molar-refractivity contribution is 5.96. The fraction of sp³-hybridized carbons (Fsp3) is 0.400. The van der Waals surface area contributed by atoms with Crippen LogP contribution in [0.5, 0.6) is 5.75 Å². The van der Waals surface area contributed by atoms with Crippen LogP contribution >= 0.6 is 0 Å². The first-order chi connectivity index (χ1) is 19.2. The van der Waals surface area contributed by atoms with Crippen molar-refractivity contribution < 1.29 is 27.1 Å². The lowest BCUT2D eigenvalue weighted by atomic mass is 10.0. The fourth-order valence-corrected chi connectivity index (χ4v) is 5.34. The van der Waals surface area contributed by atoms with Crippen LogP contribution in [0.3, 0.4) is 0 Å². The van der Waals surface area contributed by atoms with E-state index in [4.69, 9.17) is 0 Å². The third-order valence-corrected chi connectivity index (χ3v) is 7.46. The molecule has 0 unspecified atom stereocenters. The summed E-state index contributed by atoms with van der Waals surface area (Å²) >= 11 is 0. The lowest BCUT2D eigenvalue weighted by Crippen LogP contribution is -2.44. The fourth-order valence-electron chi connectivity index (χ4n) is 5.34. The summed E-state index contributed by atoms with van der Waals surface area (Å²) in [5.74, 6) is -0.592. The molecule has 3 aromatic rings. The molecule has 1 amide bonds. The number of benzene rings is 2. The van der Waals surface area contributed by atoms with Crippen molar-refractivity contribution in [1.82, 2.24) is 15.2 Å². The molecule has 2 aliphatic rings. The number of pyridine rings is 1. The number of anilines is 1. The van der Waals surface area contributed by atoms with Gasteiger partial charge in [-0.15, -0.1) is 13.2 Å². The zero-order chi connectivity index (χ0) is 28.1. The highest BCUT2D eigenvalue weighted by Crippen LogP contribution is 2.29. The smallest absolute Gasteiger partial charge is 0.406 e. The number of amides is 1. The average molecular weight is 557 g/mol. The maximum atomic E-state index is 15.3. The Morgan fingerprint density at radius 1 is 0.950 bits per heavy atom. The lowest BCUT2D eigenvalue weighted by Gasteiger charge is -2.32. The van der Waals surface area contributed by atoms with Crippen molar-refractivity contribution in [3.63, 3.8) is 0 Å². The van der Waals surface area contributed by atoms with Crippen molar-refractivity contribution in [2.45, 2.75) is 51.1 Å². The van der Waals surface area contributed by atoms with E-state index < -0.39 is 23.8 Å². The molecule has 1 N–H and O–H groups in total. The first-order valence-electron chi connectivity index (χ1n) is 13.6. The summed E-state index contributed by atoms with van der Waals surface area (Å²) in [6.07, 6.45) is 2.34. The molecule has 2 aromatic carbocycles. The van der Waals surface area contributed by atoms with Gasteiger partial charge in [0.25, 0.3) is 5.91 Å². The maximum absolute atomic E-state index is 15.3. The number of carbonyl (C=O) groups is 1. The summed E-state index contributed by atoms with van der Waals surface area (Å²) < 4.78 is 56.4. The minimum atomic E-state index is -4.81. The molecule has 0 saturated carbocycles. The van der Waals surface area contributed by atoms with Gasteiger partial charge in [0.05, 0.1) is 5.56 Å². The molecule has 2 aliphatic heterocycles. The van der Waals surface area contributed by atoms with E-state index >= 15 is 4.39 Å². The molecule has 0 spiro atoms. The Bertz CT molecular complexity index is 1280. The summed E-state index contributed by atoms with van der Waals surface area (Å²) in [6, 6.07) is 13.5. The summed E-state index contributed by atoms with van der Waals surface area (Å²) in [5.41, 5.74) is 1.52. The van der Waals surface area contributed by atoms with Crippen molar-refractivity contribution in [1.29, 1.82) is 0 Å². The molecule has 6 nitrogen and oxygen atoms in total. The second-order valence-electron chi connectivity index (χ2n) is 10.3. The second-order valence-corrected chi connectivity index (χ2v) is 10.3. The van der Waals surface area contributed by atoms with Crippen LogP contribution in [-0.2, 0) is 6.54 Å². The monoisotopic (exact) mass is 556 g/mol. The highest BCUT2D eigenvalue weighted by atomic mass is 19.4. The van der Waals surface area contributed by atoms with Crippen LogP contribution in [0, 0.1) is 5.82 Å². The summed E-state index contributed by atoms with van der Waals surface area (Å²) in [5, 5.41) is 2.95. The van der Waals surface area contributed by atoms with Crippen LogP contribution in [0.1, 0.15) is 48.0 Å². The van der Waals surface area contributed by atoms with E-state index in [1.54, 1.807) is 6.07 Å². The van der Waals surface area contributed by atoms with Gasteiger partial charge in [0.2, 0.25) is 0 Å². The molecule has 40 heavy (non-hydrogen) atoms. The lowest BCUT2D eigenvalue weighted by molar-refractivity contribution is -0.274. The largest absolute Gasteiger partial charge is 0.573 e. The number of likely N-dealkylation sites (tertiary alicyclic amines) is 1. The van der Waals surface area contributed by atoms with Crippen LogP contribution in [0.15, 0.2) is 60.8 Å². The molecule has 1 aromatic heterocycles. The Morgan fingerprint density at radius 3 is 2.33 bits per heavy atom. The number of alkyl halides is 3. The number of ether oxygens (including phenoxy) is 1. The van der Waals surface area contributed by atoms with Crippen molar-refractivity contribution in [3.05, 3.63) is 77.7 Å². The highest BCUT2D eigenvalue weighted by Gasteiger charge is 2.31. The van der Waals surface area contributed by atoms with E-state index in [0.29, 0.717) is 5.56 Å². The number of nitrogens with zero attached hydrogens (tertiary/aromatic N) is 3. The van der Waals surface area contributed by atoms with Gasteiger partial charge in [-0.1, -0.05) is 30.3 Å². The molecule has 0 bridgehead atoms. The molecule has 2 fully saturated rings. The van der Waals surface area contributed by atoms with Crippen LogP contribution < -0.4 is 15.0 Å². The molecule has 3 heterocycles. The van der Waals surface area contributed by atoms with Crippen molar-refractivity contribution in [3.8, 4) is 16.9 Å². The Kier molecular flexibility index (Phi) is 8.54. The van der Waals surface area contributed by atoms with Crippen molar-refractivity contribution in [2.75, 3.05) is 31.1 Å². The van der Waals surface area contributed by atoms with Gasteiger partial charge in [0.15, 0.2) is 0 Å². The van der Waals surface area contributed by atoms with E-state index in [9.17, 15) is 18.0 Å². The Hall–Kier alpha value is -3.66. The van der Waals surface area contributed by atoms with Crippen molar-refractivity contribution in [2.24, 2.45) is 0 Å². The molecule has 5 rings (SSSR count). The van der Waals surface area contributed by atoms with Gasteiger partial charge in [-0.2, -0.15) is 0 Å². The number of aromatic nitrogens is 1. The first kappa shape index (κ1) is 27.9. The summed E-state index contributed by atoms with van der Waals surface area (Å²) in [7, 11) is 0. The Morgan fingerprint density at radius 2 is 1.68 bits per heavy atom. The van der Waals surface area contributed by atoms with Crippen LogP contribution in [0.25, 0.3) is 11.1 Å². The minimum absolute atomic E-state index is 0.0785. The summed E-state index contributed by atoms with van der Waals surface area (Å²) in [6.45, 7) is 4.51. The van der Waals surface area contributed by atoms with E-state index in [1.807, 2.05) is 6.20 Å². The van der Waals surface area contributed by atoms with E-state index in [-0.39, 0.29) is 17.2 Å². The van der Waals surface area contributed by atoms with Gasteiger partial charge >= 0.3 is 6.36 Å². The normalized spacial score (nSPS) is 17.1. The second kappa shape index (κ2) is 12.2. The van der Waals surface area contributed by atoms with Crippen LogP contribution in [-0.4, -0.2) is 54.4 Å². The number of hydrogen-bond acceptors (Lipinski definition) is 5. The van der Waals surface area contributed by atoms with Gasteiger partial charge in [-0.05, 0) is 67.5 Å². The third-order valence-electron chi connectivity index (χ3n) is 7.46. The molecule has 10 heteroatoms. The van der Waals surface area contributed by atoms with Gasteiger partial charge in [-0.3, -0.25) is 9.69 Å². The molecule has 0 atom stereocenters. The number of hydrogen-bond donors (Lipinski definition) is 1.